The summed E-state index contributed by atoms with van der Waals surface area (Å²) < 4.78 is 33.8. The zero-order valence-electron chi connectivity index (χ0n) is 12.2. The van der Waals surface area contributed by atoms with Gasteiger partial charge in [0, 0.05) is 26.7 Å². The van der Waals surface area contributed by atoms with E-state index in [0.717, 1.165) is 6.42 Å². The maximum absolute atomic E-state index is 12.8. The van der Waals surface area contributed by atoms with E-state index in [-0.39, 0.29) is 16.6 Å². The van der Waals surface area contributed by atoms with Gasteiger partial charge in [-0.25, -0.2) is 8.42 Å². The first-order chi connectivity index (χ1) is 9.37. The summed E-state index contributed by atoms with van der Waals surface area (Å²) in [5.41, 5.74) is 6.33. The highest BCUT2D eigenvalue weighted by molar-refractivity contribution is 7.89. The van der Waals surface area contributed by atoms with Gasteiger partial charge < -0.3 is 10.5 Å². The van der Waals surface area contributed by atoms with E-state index < -0.39 is 10.0 Å². The van der Waals surface area contributed by atoms with E-state index in [1.54, 1.807) is 14.0 Å². The Morgan fingerprint density at radius 3 is 2.70 bits per heavy atom. The molecule has 2 N–H and O–H groups in total. The SMILES string of the molecule is CCN(CC1CCOC1)S(=O)(=O)c1c(N)nn(C)c1C. The van der Waals surface area contributed by atoms with Crippen LogP contribution in [0.2, 0.25) is 0 Å². The van der Waals surface area contributed by atoms with Gasteiger partial charge in [-0.05, 0) is 19.3 Å². The van der Waals surface area contributed by atoms with Crippen molar-refractivity contribution in [3.63, 3.8) is 0 Å². The second-order valence-corrected chi connectivity index (χ2v) is 6.98. The molecule has 1 aliphatic heterocycles. The molecule has 1 fully saturated rings. The van der Waals surface area contributed by atoms with Gasteiger partial charge in [-0.15, -0.1) is 0 Å². The van der Waals surface area contributed by atoms with Gasteiger partial charge in [0.1, 0.15) is 4.90 Å². The van der Waals surface area contributed by atoms with Gasteiger partial charge in [0.25, 0.3) is 0 Å². The van der Waals surface area contributed by atoms with E-state index in [9.17, 15) is 8.42 Å². The minimum Gasteiger partial charge on any atom is -0.381 e. The van der Waals surface area contributed by atoms with Crippen LogP contribution in [0, 0.1) is 12.8 Å². The quantitative estimate of drug-likeness (QED) is 0.848. The largest absolute Gasteiger partial charge is 0.381 e. The van der Waals surface area contributed by atoms with E-state index >= 15 is 0 Å². The molecule has 1 aromatic rings. The van der Waals surface area contributed by atoms with Crippen LogP contribution in [0.4, 0.5) is 5.82 Å². The van der Waals surface area contributed by atoms with Crippen molar-refractivity contribution in [1.82, 2.24) is 14.1 Å². The third kappa shape index (κ3) is 2.68. The Bertz CT molecular complexity index is 576. The molecule has 0 bridgehead atoms. The van der Waals surface area contributed by atoms with Crippen molar-refractivity contribution in [1.29, 1.82) is 0 Å². The number of nitrogens with two attached hydrogens (primary N) is 1. The van der Waals surface area contributed by atoms with Gasteiger partial charge >= 0.3 is 0 Å². The van der Waals surface area contributed by atoms with Gasteiger partial charge in [0.15, 0.2) is 5.82 Å². The number of ether oxygens (including phenoxy) is 1. The molecule has 20 heavy (non-hydrogen) atoms. The van der Waals surface area contributed by atoms with Crippen molar-refractivity contribution in [2.24, 2.45) is 13.0 Å². The van der Waals surface area contributed by atoms with Crippen LogP contribution in [-0.2, 0) is 21.8 Å². The predicted molar refractivity (Wildman–Crippen MR) is 75.7 cm³/mol. The fourth-order valence-electron chi connectivity index (χ4n) is 2.47. The highest BCUT2D eigenvalue weighted by Gasteiger charge is 2.32. The molecular weight excluding hydrogens is 280 g/mol. The summed E-state index contributed by atoms with van der Waals surface area (Å²) in [7, 11) is -1.92. The van der Waals surface area contributed by atoms with Crippen LogP contribution in [0.5, 0.6) is 0 Å². The molecule has 7 nitrogen and oxygen atoms in total. The Balaban J connectivity index is 2.31. The molecule has 0 spiro atoms. The highest BCUT2D eigenvalue weighted by atomic mass is 32.2. The summed E-state index contributed by atoms with van der Waals surface area (Å²) in [4.78, 5) is 0.126. The number of nitrogens with zero attached hydrogens (tertiary/aromatic N) is 3. The lowest BCUT2D eigenvalue weighted by atomic mass is 10.1. The summed E-state index contributed by atoms with van der Waals surface area (Å²) in [5.74, 6) is 0.314. The van der Waals surface area contributed by atoms with Crippen LogP contribution >= 0.6 is 0 Å². The van der Waals surface area contributed by atoms with Crippen LogP contribution in [0.25, 0.3) is 0 Å². The third-order valence-electron chi connectivity index (χ3n) is 3.74. The molecule has 0 aromatic carbocycles. The number of rotatable bonds is 5. The standard InChI is InChI=1S/C12H22N4O3S/c1-4-16(7-10-5-6-19-8-10)20(17,18)11-9(2)15(3)14-12(11)13/h10H,4-8H2,1-3H3,(H2,13,14). The van der Waals surface area contributed by atoms with Gasteiger partial charge in [-0.1, -0.05) is 6.92 Å². The van der Waals surface area contributed by atoms with Crippen LogP contribution in [-0.4, -0.2) is 48.8 Å². The van der Waals surface area contributed by atoms with Gasteiger partial charge in [0.05, 0.1) is 12.3 Å². The van der Waals surface area contributed by atoms with Crippen molar-refractivity contribution in [2.45, 2.75) is 25.2 Å². The Kier molecular flexibility index (Phi) is 4.36. The summed E-state index contributed by atoms with van der Waals surface area (Å²) >= 11 is 0. The molecular formula is C12H22N4O3S. The first kappa shape index (κ1) is 15.3. The van der Waals surface area contributed by atoms with Crippen molar-refractivity contribution in [3.05, 3.63) is 5.69 Å². The molecule has 2 heterocycles. The Labute approximate surface area is 119 Å². The summed E-state index contributed by atoms with van der Waals surface area (Å²) in [6.07, 6.45) is 0.896. The molecule has 2 rings (SSSR count). The van der Waals surface area contributed by atoms with Gasteiger partial charge in [-0.2, -0.15) is 9.40 Å². The summed E-state index contributed by atoms with van der Waals surface area (Å²) in [6, 6.07) is 0. The number of aromatic nitrogens is 2. The van der Waals surface area contributed by atoms with E-state index in [1.165, 1.54) is 8.99 Å². The fraction of sp³-hybridized carbons (Fsp3) is 0.750. The molecule has 1 atom stereocenters. The van der Waals surface area contributed by atoms with Crippen LogP contribution < -0.4 is 5.73 Å². The van der Waals surface area contributed by atoms with Crippen molar-refractivity contribution in [3.8, 4) is 0 Å². The van der Waals surface area contributed by atoms with Crippen molar-refractivity contribution in [2.75, 3.05) is 32.0 Å². The fourth-order valence-corrected chi connectivity index (χ4v) is 4.29. The lowest BCUT2D eigenvalue weighted by Gasteiger charge is -2.23. The topological polar surface area (TPSA) is 90.4 Å². The maximum Gasteiger partial charge on any atom is 0.248 e. The lowest BCUT2D eigenvalue weighted by Crippen LogP contribution is -2.36. The molecule has 1 saturated heterocycles. The number of aryl methyl sites for hydroxylation is 1. The van der Waals surface area contributed by atoms with Crippen LogP contribution in [0.3, 0.4) is 0 Å². The van der Waals surface area contributed by atoms with Crippen molar-refractivity contribution >= 4 is 15.8 Å². The van der Waals surface area contributed by atoms with Crippen LogP contribution in [0.1, 0.15) is 19.0 Å². The number of hydrogen-bond acceptors (Lipinski definition) is 5. The molecule has 1 aromatic heterocycles. The smallest absolute Gasteiger partial charge is 0.248 e. The number of nitrogen functional groups attached to an aromatic ring is 1. The molecule has 0 aliphatic carbocycles. The van der Waals surface area contributed by atoms with Crippen molar-refractivity contribution < 1.29 is 13.2 Å². The molecule has 114 valence electrons. The average molecular weight is 302 g/mol. The predicted octanol–water partition coefficient (Wildman–Crippen LogP) is 0.358. The van der Waals surface area contributed by atoms with Crippen LogP contribution in [0.15, 0.2) is 4.90 Å². The Hall–Kier alpha value is -1.12. The van der Waals surface area contributed by atoms with E-state index in [4.69, 9.17) is 10.5 Å². The number of anilines is 1. The van der Waals surface area contributed by atoms with Gasteiger partial charge in [-0.3, -0.25) is 4.68 Å². The minimum absolute atomic E-state index is 0.0612. The molecule has 8 heteroatoms. The zero-order valence-corrected chi connectivity index (χ0v) is 13.0. The minimum atomic E-state index is -3.61. The normalized spacial score (nSPS) is 19.9. The monoisotopic (exact) mass is 302 g/mol. The third-order valence-corrected chi connectivity index (χ3v) is 5.85. The molecule has 0 radical (unpaired) electrons. The first-order valence-electron chi connectivity index (χ1n) is 6.74. The summed E-state index contributed by atoms with van der Waals surface area (Å²) in [6.45, 7) is 5.74. The molecule has 1 aliphatic rings. The first-order valence-corrected chi connectivity index (χ1v) is 8.18. The Morgan fingerprint density at radius 2 is 2.25 bits per heavy atom. The average Bonchev–Trinajstić information content (AvgIpc) is 2.95. The molecule has 0 saturated carbocycles. The van der Waals surface area contributed by atoms with E-state index in [2.05, 4.69) is 5.10 Å². The van der Waals surface area contributed by atoms with E-state index in [0.29, 0.717) is 32.0 Å². The maximum atomic E-state index is 12.8. The van der Waals surface area contributed by atoms with Gasteiger partial charge in [0.2, 0.25) is 10.0 Å². The number of hydrogen-bond donors (Lipinski definition) is 1. The number of sulfonamides is 1. The second kappa shape index (κ2) is 5.71. The molecule has 1 unspecified atom stereocenters. The summed E-state index contributed by atoms with van der Waals surface area (Å²) in [5, 5.41) is 3.99. The second-order valence-electron chi connectivity index (χ2n) is 5.11. The zero-order chi connectivity index (χ0) is 14.9. The highest BCUT2D eigenvalue weighted by Crippen LogP contribution is 2.26. The van der Waals surface area contributed by atoms with E-state index in [1.807, 2.05) is 6.92 Å². The lowest BCUT2D eigenvalue weighted by molar-refractivity contribution is 0.181. The Morgan fingerprint density at radius 1 is 1.55 bits per heavy atom. The molecule has 0 amide bonds.